The van der Waals surface area contributed by atoms with Crippen molar-refractivity contribution in [1.29, 1.82) is 0 Å². The third-order valence-electron chi connectivity index (χ3n) is 6.62. The minimum absolute atomic E-state index is 0.133. The minimum atomic E-state index is 0.133. The number of likely N-dealkylation sites (tertiary alicyclic amines) is 2. The predicted octanol–water partition coefficient (Wildman–Crippen LogP) is 3.24. The average Bonchev–Trinajstić information content (AvgIpc) is 3.46. The van der Waals surface area contributed by atoms with Gasteiger partial charge in [0.15, 0.2) is 0 Å². The molecule has 26 heavy (non-hydrogen) atoms. The number of carbonyl (C=O) groups is 2. The Balaban J connectivity index is 1.43. The first-order valence-corrected chi connectivity index (χ1v) is 10.1. The number of rotatable bonds is 3. The van der Waals surface area contributed by atoms with Gasteiger partial charge in [-0.2, -0.15) is 0 Å². The Morgan fingerprint density at radius 1 is 1.15 bits per heavy atom. The number of carbonyl (C=O) groups excluding carboxylic acids is 2. The van der Waals surface area contributed by atoms with Crippen molar-refractivity contribution < 1.29 is 9.59 Å². The van der Waals surface area contributed by atoms with E-state index in [9.17, 15) is 9.59 Å². The Labute approximate surface area is 156 Å². The Morgan fingerprint density at radius 3 is 2.69 bits per heavy atom. The second kappa shape index (κ2) is 6.71. The zero-order valence-corrected chi connectivity index (χ0v) is 16.1. The maximum Gasteiger partial charge on any atom is 0.227 e. The van der Waals surface area contributed by atoms with E-state index < -0.39 is 0 Å². The molecule has 1 spiro atoms. The summed E-state index contributed by atoms with van der Waals surface area (Å²) in [6.45, 7) is 6.76. The van der Waals surface area contributed by atoms with Crippen molar-refractivity contribution in [1.82, 2.24) is 9.80 Å². The molecule has 1 aliphatic carbocycles. The van der Waals surface area contributed by atoms with Crippen LogP contribution in [-0.2, 0) is 16.0 Å². The highest BCUT2D eigenvalue weighted by molar-refractivity contribution is 5.80. The molecule has 140 valence electrons. The van der Waals surface area contributed by atoms with Crippen LogP contribution in [0, 0.1) is 19.3 Å². The van der Waals surface area contributed by atoms with Gasteiger partial charge >= 0.3 is 0 Å². The molecule has 3 fully saturated rings. The summed E-state index contributed by atoms with van der Waals surface area (Å²) in [7, 11) is 0. The van der Waals surface area contributed by atoms with Crippen LogP contribution >= 0.6 is 0 Å². The summed E-state index contributed by atoms with van der Waals surface area (Å²) in [5.41, 5.74) is 3.76. The van der Waals surface area contributed by atoms with Crippen molar-refractivity contribution >= 4 is 11.8 Å². The molecule has 1 atom stereocenters. The normalized spacial score (nSPS) is 26.5. The molecular formula is C22H30N2O2. The van der Waals surface area contributed by atoms with Crippen LogP contribution in [0.5, 0.6) is 0 Å². The first kappa shape index (κ1) is 17.6. The van der Waals surface area contributed by atoms with Gasteiger partial charge in [-0.3, -0.25) is 9.59 Å². The lowest BCUT2D eigenvalue weighted by atomic mass is 9.73. The van der Waals surface area contributed by atoms with Crippen molar-refractivity contribution in [3.63, 3.8) is 0 Å². The SMILES string of the molecule is Cc1ccc(CC(=O)N2CCCC3(CCC(=O)N(C4CC4)C3)C2)cc1C. The number of amides is 2. The van der Waals surface area contributed by atoms with Crippen molar-refractivity contribution in [2.24, 2.45) is 5.41 Å². The summed E-state index contributed by atoms with van der Waals surface area (Å²) in [5, 5.41) is 0. The van der Waals surface area contributed by atoms with E-state index in [0.29, 0.717) is 24.8 Å². The van der Waals surface area contributed by atoms with Gasteiger partial charge in [-0.1, -0.05) is 18.2 Å². The molecular weight excluding hydrogens is 324 g/mol. The summed E-state index contributed by atoms with van der Waals surface area (Å²) in [6, 6.07) is 6.81. The summed E-state index contributed by atoms with van der Waals surface area (Å²) in [5.74, 6) is 0.568. The maximum atomic E-state index is 12.9. The van der Waals surface area contributed by atoms with Crippen molar-refractivity contribution in [3.8, 4) is 0 Å². The highest BCUT2D eigenvalue weighted by Gasteiger charge is 2.46. The smallest absolute Gasteiger partial charge is 0.227 e. The van der Waals surface area contributed by atoms with E-state index in [1.165, 1.54) is 11.1 Å². The molecule has 1 saturated carbocycles. The van der Waals surface area contributed by atoms with E-state index in [-0.39, 0.29) is 11.3 Å². The van der Waals surface area contributed by atoms with E-state index in [1.54, 1.807) is 0 Å². The highest BCUT2D eigenvalue weighted by Crippen LogP contribution is 2.42. The molecule has 4 heteroatoms. The monoisotopic (exact) mass is 354 g/mol. The zero-order valence-electron chi connectivity index (χ0n) is 16.1. The first-order valence-electron chi connectivity index (χ1n) is 10.1. The molecule has 4 rings (SSSR count). The lowest BCUT2D eigenvalue weighted by Crippen LogP contribution is -2.55. The first-order chi connectivity index (χ1) is 12.5. The Bertz CT molecular complexity index is 725. The van der Waals surface area contributed by atoms with Crippen LogP contribution in [0.3, 0.4) is 0 Å². The van der Waals surface area contributed by atoms with E-state index >= 15 is 0 Å². The van der Waals surface area contributed by atoms with Crippen LogP contribution in [0.25, 0.3) is 0 Å². The molecule has 0 radical (unpaired) electrons. The van der Waals surface area contributed by atoms with Gasteiger partial charge in [0, 0.05) is 37.5 Å². The molecule has 0 N–H and O–H groups in total. The lowest BCUT2D eigenvalue weighted by Gasteiger charge is -2.48. The van der Waals surface area contributed by atoms with Gasteiger partial charge in [0.25, 0.3) is 0 Å². The zero-order chi connectivity index (χ0) is 18.3. The number of piperidine rings is 2. The maximum absolute atomic E-state index is 12.9. The standard InChI is InChI=1S/C22H30N2O2/c1-16-4-5-18(12-17(16)2)13-21(26)23-11-3-9-22(14-23)10-8-20(25)24(15-22)19-6-7-19/h4-5,12,19H,3,6-11,13-15H2,1-2H3. The fourth-order valence-electron chi connectivity index (χ4n) is 4.72. The second-order valence-electron chi connectivity index (χ2n) is 8.77. The van der Waals surface area contributed by atoms with Crippen molar-refractivity contribution in [2.75, 3.05) is 19.6 Å². The molecule has 1 aromatic carbocycles. The van der Waals surface area contributed by atoms with Gasteiger partial charge in [-0.15, -0.1) is 0 Å². The third kappa shape index (κ3) is 3.51. The fourth-order valence-corrected chi connectivity index (χ4v) is 4.72. The summed E-state index contributed by atoms with van der Waals surface area (Å²) in [6.07, 6.45) is 6.64. The largest absolute Gasteiger partial charge is 0.342 e. The number of nitrogens with zero attached hydrogens (tertiary/aromatic N) is 2. The molecule has 4 nitrogen and oxygen atoms in total. The van der Waals surface area contributed by atoms with Crippen molar-refractivity contribution in [2.45, 2.75) is 64.8 Å². The van der Waals surface area contributed by atoms with Gasteiger partial charge in [0.1, 0.15) is 0 Å². The number of hydrogen-bond acceptors (Lipinski definition) is 2. The molecule has 1 unspecified atom stereocenters. The number of hydrogen-bond donors (Lipinski definition) is 0. The Hall–Kier alpha value is -1.84. The van der Waals surface area contributed by atoms with Gasteiger partial charge < -0.3 is 9.80 Å². The number of aryl methyl sites for hydroxylation is 2. The molecule has 2 aliphatic heterocycles. The van der Waals surface area contributed by atoms with Crippen LogP contribution in [0.2, 0.25) is 0 Å². The molecule has 3 aliphatic rings. The average molecular weight is 354 g/mol. The van der Waals surface area contributed by atoms with Gasteiger partial charge in [-0.05, 0) is 62.6 Å². The molecule has 0 bridgehead atoms. The molecule has 0 aromatic heterocycles. The van der Waals surface area contributed by atoms with E-state index in [4.69, 9.17) is 0 Å². The second-order valence-corrected chi connectivity index (χ2v) is 8.77. The number of benzene rings is 1. The molecule has 2 amide bonds. The summed E-state index contributed by atoms with van der Waals surface area (Å²) >= 11 is 0. The van der Waals surface area contributed by atoms with E-state index in [2.05, 4.69) is 41.8 Å². The van der Waals surface area contributed by atoms with Gasteiger partial charge in [-0.25, -0.2) is 0 Å². The van der Waals surface area contributed by atoms with Crippen LogP contribution in [0.15, 0.2) is 18.2 Å². The van der Waals surface area contributed by atoms with E-state index in [0.717, 1.165) is 57.3 Å². The Kier molecular flexibility index (Phi) is 4.54. The minimum Gasteiger partial charge on any atom is -0.342 e. The predicted molar refractivity (Wildman–Crippen MR) is 102 cm³/mol. The quantitative estimate of drug-likeness (QED) is 0.836. The Morgan fingerprint density at radius 2 is 1.96 bits per heavy atom. The fraction of sp³-hybridized carbons (Fsp3) is 0.636. The van der Waals surface area contributed by atoms with Gasteiger partial charge in [0.05, 0.1) is 6.42 Å². The summed E-state index contributed by atoms with van der Waals surface area (Å²) < 4.78 is 0. The summed E-state index contributed by atoms with van der Waals surface area (Å²) in [4.78, 5) is 29.4. The third-order valence-corrected chi connectivity index (χ3v) is 6.62. The topological polar surface area (TPSA) is 40.6 Å². The highest BCUT2D eigenvalue weighted by atomic mass is 16.2. The van der Waals surface area contributed by atoms with Crippen LogP contribution in [-0.4, -0.2) is 47.3 Å². The van der Waals surface area contributed by atoms with Crippen LogP contribution < -0.4 is 0 Å². The molecule has 1 aromatic rings. The van der Waals surface area contributed by atoms with Crippen molar-refractivity contribution in [3.05, 3.63) is 34.9 Å². The van der Waals surface area contributed by atoms with Gasteiger partial charge in [0.2, 0.25) is 11.8 Å². The lowest BCUT2D eigenvalue weighted by molar-refractivity contribution is -0.143. The molecule has 2 heterocycles. The van der Waals surface area contributed by atoms with Crippen LogP contribution in [0.4, 0.5) is 0 Å². The van der Waals surface area contributed by atoms with E-state index in [1.807, 2.05) is 0 Å². The molecule has 2 saturated heterocycles. The van der Waals surface area contributed by atoms with Crippen LogP contribution in [0.1, 0.15) is 55.2 Å².